The number of likely N-dealkylation sites (tertiary alicyclic amines) is 1. The Morgan fingerprint density at radius 3 is 2.26 bits per heavy atom. The van der Waals surface area contributed by atoms with E-state index in [2.05, 4.69) is 4.90 Å². The summed E-state index contributed by atoms with van der Waals surface area (Å²) in [4.78, 5) is 13.7. The lowest BCUT2D eigenvalue weighted by Gasteiger charge is -2.33. The van der Waals surface area contributed by atoms with Gasteiger partial charge in [-0.15, -0.1) is 0 Å². The number of methoxy groups -OCH3 is 2. The summed E-state index contributed by atoms with van der Waals surface area (Å²) in [7, 11) is 3.16. The van der Waals surface area contributed by atoms with Crippen LogP contribution in [0.2, 0.25) is 0 Å². The van der Waals surface area contributed by atoms with E-state index in [-0.39, 0.29) is 24.4 Å². The molecule has 1 saturated carbocycles. The quantitative estimate of drug-likeness (QED) is 0.563. The second kappa shape index (κ2) is 7.22. The van der Waals surface area contributed by atoms with E-state index in [4.69, 9.17) is 14.2 Å². The molecule has 0 radical (unpaired) electrons. The van der Waals surface area contributed by atoms with Gasteiger partial charge in [0, 0.05) is 20.2 Å². The zero-order valence-electron chi connectivity index (χ0n) is 12.0. The molecule has 0 spiro atoms. The van der Waals surface area contributed by atoms with Crippen LogP contribution in [0.15, 0.2) is 0 Å². The molecule has 1 atom stereocenters. The Labute approximate surface area is 115 Å². The van der Waals surface area contributed by atoms with Gasteiger partial charge in [0.1, 0.15) is 0 Å². The van der Waals surface area contributed by atoms with Crippen molar-refractivity contribution in [3.8, 4) is 0 Å². The minimum atomic E-state index is -0.220. The zero-order valence-corrected chi connectivity index (χ0v) is 12.0. The Bertz CT molecular complexity index is 283. The summed E-state index contributed by atoms with van der Waals surface area (Å²) < 4.78 is 16.3. The van der Waals surface area contributed by atoms with E-state index in [0.29, 0.717) is 0 Å². The zero-order chi connectivity index (χ0) is 13.7. The maximum atomic E-state index is 11.5. The van der Waals surface area contributed by atoms with E-state index < -0.39 is 0 Å². The lowest BCUT2D eigenvalue weighted by atomic mass is 9.87. The van der Waals surface area contributed by atoms with Crippen molar-refractivity contribution in [2.24, 2.45) is 5.92 Å². The Morgan fingerprint density at radius 2 is 1.74 bits per heavy atom. The van der Waals surface area contributed by atoms with Crippen molar-refractivity contribution in [2.45, 2.75) is 51.0 Å². The van der Waals surface area contributed by atoms with Gasteiger partial charge in [0.15, 0.2) is 0 Å². The van der Waals surface area contributed by atoms with Crippen molar-refractivity contribution in [3.63, 3.8) is 0 Å². The molecule has 1 unspecified atom stereocenters. The second-order valence-corrected chi connectivity index (χ2v) is 5.42. The molecule has 2 rings (SSSR count). The molecule has 0 N–H and O–H groups in total. The first-order valence-corrected chi connectivity index (χ1v) is 7.24. The third kappa shape index (κ3) is 3.91. The maximum absolute atomic E-state index is 11.5. The Kier molecular flexibility index (Phi) is 5.60. The fraction of sp³-hybridized carbons (Fsp3) is 0.929. The number of hydrogen-bond acceptors (Lipinski definition) is 5. The Morgan fingerprint density at radius 1 is 1.11 bits per heavy atom. The normalized spacial score (nSPS) is 30.2. The number of nitrogens with zero attached hydrogens (tertiary/aromatic N) is 1. The summed E-state index contributed by atoms with van der Waals surface area (Å²) in [6.45, 7) is 2.10. The van der Waals surface area contributed by atoms with Gasteiger partial charge in [-0.3, -0.25) is 9.69 Å². The van der Waals surface area contributed by atoms with E-state index in [9.17, 15) is 4.79 Å². The third-order valence-corrected chi connectivity index (χ3v) is 4.16. The fourth-order valence-corrected chi connectivity index (χ4v) is 3.01. The first-order chi connectivity index (χ1) is 9.24. The van der Waals surface area contributed by atoms with Crippen LogP contribution in [0.1, 0.15) is 38.5 Å². The lowest BCUT2D eigenvalue weighted by molar-refractivity contribution is -0.233. The molecule has 1 aliphatic carbocycles. The molecule has 1 aliphatic heterocycles. The largest absolute Gasteiger partial charge is 0.469 e. The SMILES string of the molecule is COC(=O)C1CCC(OC(OC)N2CCCC2)CC1. The monoisotopic (exact) mass is 271 g/mol. The third-order valence-electron chi connectivity index (χ3n) is 4.16. The van der Waals surface area contributed by atoms with Crippen LogP contribution in [0, 0.1) is 5.92 Å². The molecule has 110 valence electrons. The highest BCUT2D eigenvalue weighted by Gasteiger charge is 2.31. The van der Waals surface area contributed by atoms with Crippen molar-refractivity contribution in [3.05, 3.63) is 0 Å². The molecule has 0 bridgehead atoms. The van der Waals surface area contributed by atoms with E-state index in [1.165, 1.54) is 20.0 Å². The molecule has 0 aromatic carbocycles. The Hall–Kier alpha value is -0.650. The number of carbonyl (C=O) groups excluding carboxylic acids is 1. The van der Waals surface area contributed by atoms with Crippen LogP contribution in [0.4, 0.5) is 0 Å². The highest BCUT2D eigenvalue weighted by molar-refractivity contribution is 5.72. The van der Waals surface area contributed by atoms with Gasteiger partial charge in [-0.05, 0) is 38.5 Å². The van der Waals surface area contributed by atoms with Gasteiger partial charge in [0.2, 0.25) is 6.41 Å². The molecule has 0 aromatic heterocycles. The van der Waals surface area contributed by atoms with Crippen molar-refractivity contribution in [1.29, 1.82) is 0 Å². The van der Waals surface area contributed by atoms with E-state index >= 15 is 0 Å². The van der Waals surface area contributed by atoms with Crippen molar-refractivity contribution >= 4 is 5.97 Å². The molecule has 0 amide bonds. The summed E-state index contributed by atoms with van der Waals surface area (Å²) in [5, 5.41) is 0. The van der Waals surface area contributed by atoms with Gasteiger partial charge < -0.3 is 14.2 Å². The summed E-state index contributed by atoms with van der Waals surface area (Å²) in [5.41, 5.74) is 0. The van der Waals surface area contributed by atoms with Crippen molar-refractivity contribution in [1.82, 2.24) is 4.90 Å². The maximum Gasteiger partial charge on any atom is 0.308 e. The van der Waals surface area contributed by atoms with Gasteiger partial charge >= 0.3 is 5.97 Å². The van der Waals surface area contributed by atoms with E-state index in [1.54, 1.807) is 7.11 Å². The number of esters is 1. The fourth-order valence-electron chi connectivity index (χ4n) is 3.01. The summed E-state index contributed by atoms with van der Waals surface area (Å²) in [5.74, 6) is -0.0288. The molecule has 5 heteroatoms. The minimum Gasteiger partial charge on any atom is -0.469 e. The van der Waals surface area contributed by atoms with Gasteiger partial charge in [-0.1, -0.05) is 0 Å². The summed E-state index contributed by atoms with van der Waals surface area (Å²) in [6.07, 6.45) is 5.95. The minimum absolute atomic E-state index is 0.0534. The standard InChI is InChI=1S/C14H25NO4/c1-17-13(16)11-5-7-12(8-6-11)19-14(18-2)15-9-3-4-10-15/h11-12,14H,3-10H2,1-2H3. The van der Waals surface area contributed by atoms with E-state index in [1.807, 2.05) is 0 Å². The smallest absolute Gasteiger partial charge is 0.308 e. The molecule has 2 fully saturated rings. The summed E-state index contributed by atoms with van der Waals surface area (Å²) >= 11 is 0. The van der Waals surface area contributed by atoms with Gasteiger partial charge in [-0.25, -0.2) is 0 Å². The topological polar surface area (TPSA) is 48.0 Å². The van der Waals surface area contributed by atoms with Crippen LogP contribution < -0.4 is 0 Å². The molecule has 19 heavy (non-hydrogen) atoms. The van der Waals surface area contributed by atoms with Gasteiger partial charge in [0.25, 0.3) is 0 Å². The van der Waals surface area contributed by atoms with Crippen molar-refractivity contribution < 1.29 is 19.0 Å². The molecular formula is C14H25NO4. The molecule has 0 aromatic rings. The van der Waals surface area contributed by atoms with Gasteiger partial charge in [0.05, 0.1) is 19.1 Å². The van der Waals surface area contributed by atoms with Crippen molar-refractivity contribution in [2.75, 3.05) is 27.3 Å². The van der Waals surface area contributed by atoms with E-state index in [0.717, 1.165) is 38.8 Å². The van der Waals surface area contributed by atoms with Crippen LogP contribution >= 0.6 is 0 Å². The first kappa shape index (κ1) is 14.8. The molecule has 5 nitrogen and oxygen atoms in total. The molecule has 2 aliphatic rings. The Balaban J connectivity index is 1.76. The highest BCUT2D eigenvalue weighted by atomic mass is 16.7. The van der Waals surface area contributed by atoms with Gasteiger partial charge in [-0.2, -0.15) is 0 Å². The van der Waals surface area contributed by atoms with Crippen LogP contribution in [-0.2, 0) is 19.0 Å². The molecule has 1 heterocycles. The van der Waals surface area contributed by atoms with Crippen LogP contribution in [0.5, 0.6) is 0 Å². The summed E-state index contributed by atoms with van der Waals surface area (Å²) in [6, 6.07) is 0. The average Bonchev–Trinajstić information content (AvgIpc) is 2.98. The lowest BCUT2D eigenvalue weighted by Crippen LogP contribution is -2.40. The number of ether oxygens (including phenoxy) is 3. The average molecular weight is 271 g/mol. The second-order valence-electron chi connectivity index (χ2n) is 5.42. The molecular weight excluding hydrogens is 246 g/mol. The number of hydrogen-bond donors (Lipinski definition) is 0. The number of carbonyl (C=O) groups is 1. The number of rotatable bonds is 5. The predicted octanol–water partition coefficient (Wildman–Crippen LogP) is 1.76. The van der Waals surface area contributed by atoms with Crippen LogP contribution in [-0.4, -0.2) is 50.7 Å². The highest BCUT2D eigenvalue weighted by Crippen LogP contribution is 2.28. The molecule has 1 saturated heterocycles. The predicted molar refractivity (Wildman–Crippen MR) is 70.5 cm³/mol. The first-order valence-electron chi connectivity index (χ1n) is 7.24. The van der Waals surface area contributed by atoms with Crippen LogP contribution in [0.25, 0.3) is 0 Å². The van der Waals surface area contributed by atoms with Crippen LogP contribution in [0.3, 0.4) is 0 Å².